The van der Waals surface area contributed by atoms with E-state index in [1.54, 1.807) is 0 Å². The van der Waals surface area contributed by atoms with E-state index < -0.39 is 16.0 Å². The van der Waals surface area contributed by atoms with Crippen LogP contribution in [0.4, 0.5) is 0 Å². The van der Waals surface area contributed by atoms with E-state index in [4.69, 9.17) is 19.0 Å². The van der Waals surface area contributed by atoms with Gasteiger partial charge in [0.15, 0.2) is 0 Å². The zero-order chi connectivity index (χ0) is 14.5. The number of primary sulfonamides is 1. The largest absolute Gasteiger partial charge is 0.457 e. The Bertz CT molecular complexity index is 533. The van der Waals surface area contributed by atoms with Crippen molar-refractivity contribution in [3.63, 3.8) is 0 Å². The molecule has 1 aromatic heterocycles. The topological polar surface area (TPSA) is 109 Å². The van der Waals surface area contributed by atoms with Crippen molar-refractivity contribution >= 4 is 16.0 Å². The average molecular weight is 291 g/mol. The lowest BCUT2D eigenvalue weighted by molar-refractivity contribution is 0.0287. The zero-order valence-electron chi connectivity index (χ0n) is 10.8. The Hall–Kier alpha value is -1.38. The minimum atomic E-state index is -3.90. The molecule has 0 saturated carbocycles. The first-order valence-corrected chi connectivity index (χ1v) is 7.29. The van der Waals surface area contributed by atoms with E-state index in [-0.39, 0.29) is 29.6 Å². The predicted octanol–water partition coefficient (Wildman–Crippen LogP) is 0.819. The molecule has 0 saturated heterocycles. The molecule has 0 spiro atoms. The molecular weight excluding hydrogens is 274 g/mol. The van der Waals surface area contributed by atoms with Crippen LogP contribution in [0.25, 0.3) is 0 Å². The number of hydrogen-bond acceptors (Lipinski definition) is 6. The third-order valence-corrected chi connectivity index (χ3v) is 3.21. The molecule has 0 aliphatic rings. The van der Waals surface area contributed by atoms with Gasteiger partial charge in [-0.2, -0.15) is 0 Å². The molecule has 0 aliphatic heterocycles. The molecule has 0 aliphatic carbocycles. The SMILES string of the molecule is CCCOCCOC(=O)c1cc(S(N)(=O)=O)c(C)o1. The first kappa shape index (κ1) is 15.7. The Morgan fingerprint density at radius 1 is 1.37 bits per heavy atom. The maximum atomic E-state index is 11.6. The summed E-state index contributed by atoms with van der Waals surface area (Å²) in [5.74, 6) is -0.896. The second-order valence-electron chi connectivity index (χ2n) is 3.82. The van der Waals surface area contributed by atoms with Crippen LogP contribution in [-0.4, -0.2) is 34.2 Å². The van der Waals surface area contributed by atoms with Crippen molar-refractivity contribution in [2.75, 3.05) is 19.8 Å². The summed E-state index contributed by atoms with van der Waals surface area (Å²) in [4.78, 5) is 11.3. The van der Waals surface area contributed by atoms with Crippen LogP contribution in [0, 0.1) is 6.92 Å². The highest BCUT2D eigenvalue weighted by atomic mass is 32.2. The van der Waals surface area contributed by atoms with Crippen molar-refractivity contribution in [1.82, 2.24) is 0 Å². The molecule has 0 fully saturated rings. The zero-order valence-corrected chi connectivity index (χ0v) is 11.7. The van der Waals surface area contributed by atoms with Crippen molar-refractivity contribution in [1.29, 1.82) is 0 Å². The lowest BCUT2D eigenvalue weighted by Gasteiger charge is -2.03. The molecule has 0 amide bonds. The number of carbonyl (C=O) groups excluding carboxylic acids is 1. The Kier molecular flexibility index (Phi) is 5.52. The van der Waals surface area contributed by atoms with Crippen LogP contribution in [0.3, 0.4) is 0 Å². The van der Waals surface area contributed by atoms with Crippen LogP contribution in [0.1, 0.15) is 29.7 Å². The minimum Gasteiger partial charge on any atom is -0.457 e. The number of esters is 1. The molecule has 1 rings (SSSR count). The van der Waals surface area contributed by atoms with Crippen LogP contribution in [0.15, 0.2) is 15.4 Å². The van der Waals surface area contributed by atoms with Crippen LogP contribution in [0.2, 0.25) is 0 Å². The molecule has 2 N–H and O–H groups in total. The fourth-order valence-corrected chi connectivity index (χ4v) is 2.07. The van der Waals surface area contributed by atoms with Gasteiger partial charge in [0, 0.05) is 12.7 Å². The van der Waals surface area contributed by atoms with Gasteiger partial charge in [0.25, 0.3) is 0 Å². The van der Waals surface area contributed by atoms with Crippen LogP contribution in [0.5, 0.6) is 0 Å². The summed E-state index contributed by atoms with van der Waals surface area (Å²) in [7, 11) is -3.90. The van der Waals surface area contributed by atoms with Crippen LogP contribution >= 0.6 is 0 Å². The summed E-state index contributed by atoms with van der Waals surface area (Å²) in [6, 6.07) is 1.06. The van der Waals surface area contributed by atoms with Gasteiger partial charge in [-0.1, -0.05) is 6.92 Å². The number of furan rings is 1. The number of aryl methyl sites for hydroxylation is 1. The molecule has 7 nitrogen and oxygen atoms in total. The highest BCUT2D eigenvalue weighted by Gasteiger charge is 2.21. The smallest absolute Gasteiger partial charge is 0.374 e. The molecule has 108 valence electrons. The van der Waals surface area contributed by atoms with Crippen molar-refractivity contribution in [2.45, 2.75) is 25.2 Å². The summed E-state index contributed by atoms with van der Waals surface area (Å²) in [6.07, 6.45) is 0.878. The minimum absolute atomic E-state index is 0.0525. The third-order valence-electron chi connectivity index (χ3n) is 2.19. The molecule has 1 heterocycles. The second-order valence-corrected chi connectivity index (χ2v) is 5.35. The summed E-state index contributed by atoms with van der Waals surface area (Å²) in [5, 5.41) is 4.97. The van der Waals surface area contributed by atoms with Gasteiger partial charge in [-0.25, -0.2) is 18.4 Å². The Balaban J connectivity index is 2.59. The Labute approximate surface area is 111 Å². The van der Waals surface area contributed by atoms with Gasteiger partial charge in [0.05, 0.1) is 6.61 Å². The van der Waals surface area contributed by atoms with Gasteiger partial charge in [-0.05, 0) is 13.3 Å². The summed E-state index contributed by atoms with van der Waals surface area (Å²) in [5.41, 5.74) is 0. The molecule has 0 radical (unpaired) electrons. The van der Waals surface area contributed by atoms with E-state index in [2.05, 4.69) is 0 Å². The van der Waals surface area contributed by atoms with Gasteiger partial charge in [0.1, 0.15) is 17.3 Å². The number of carbonyl (C=O) groups is 1. The fourth-order valence-electron chi connectivity index (χ4n) is 1.36. The molecule has 0 unspecified atom stereocenters. The standard InChI is InChI=1S/C11H17NO6S/c1-3-4-16-5-6-17-11(13)9-7-10(8(2)18-9)19(12,14)15/h7H,3-6H2,1-2H3,(H2,12,14,15). The highest BCUT2D eigenvalue weighted by molar-refractivity contribution is 7.89. The summed E-state index contributed by atoms with van der Waals surface area (Å²) < 4.78 is 37.3. The normalized spacial score (nSPS) is 11.5. The Morgan fingerprint density at radius 3 is 2.58 bits per heavy atom. The molecular formula is C11H17NO6S. The lowest BCUT2D eigenvalue weighted by atomic mass is 10.4. The molecule has 8 heteroatoms. The molecule has 1 aromatic rings. The number of nitrogens with two attached hydrogens (primary N) is 1. The number of sulfonamides is 1. The molecule has 0 aromatic carbocycles. The monoisotopic (exact) mass is 291 g/mol. The predicted molar refractivity (Wildman–Crippen MR) is 66.2 cm³/mol. The first-order valence-electron chi connectivity index (χ1n) is 5.74. The van der Waals surface area contributed by atoms with Crippen LogP contribution in [-0.2, 0) is 19.5 Å². The van der Waals surface area contributed by atoms with Crippen molar-refractivity contribution < 1.29 is 27.1 Å². The van der Waals surface area contributed by atoms with Gasteiger partial charge in [-0.15, -0.1) is 0 Å². The van der Waals surface area contributed by atoms with E-state index in [1.165, 1.54) is 6.92 Å². The van der Waals surface area contributed by atoms with E-state index in [9.17, 15) is 13.2 Å². The van der Waals surface area contributed by atoms with Gasteiger partial charge < -0.3 is 13.9 Å². The number of rotatable bonds is 7. The van der Waals surface area contributed by atoms with E-state index in [0.717, 1.165) is 12.5 Å². The van der Waals surface area contributed by atoms with Crippen molar-refractivity contribution in [2.24, 2.45) is 5.14 Å². The maximum absolute atomic E-state index is 11.6. The quantitative estimate of drug-likeness (QED) is 0.588. The third kappa shape index (κ3) is 4.66. The molecule has 0 atom stereocenters. The fraction of sp³-hybridized carbons (Fsp3) is 0.545. The summed E-state index contributed by atoms with van der Waals surface area (Å²) >= 11 is 0. The van der Waals surface area contributed by atoms with Crippen molar-refractivity contribution in [3.8, 4) is 0 Å². The summed E-state index contributed by atoms with van der Waals surface area (Å²) in [6.45, 7) is 4.31. The van der Waals surface area contributed by atoms with E-state index >= 15 is 0 Å². The van der Waals surface area contributed by atoms with E-state index in [1.807, 2.05) is 6.92 Å². The van der Waals surface area contributed by atoms with Crippen LogP contribution < -0.4 is 5.14 Å². The van der Waals surface area contributed by atoms with E-state index in [0.29, 0.717) is 6.61 Å². The lowest BCUT2D eigenvalue weighted by Crippen LogP contribution is -2.12. The first-order chi connectivity index (χ1) is 8.86. The molecule has 0 bridgehead atoms. The Morgan fingerprint density at radius 2 is 2.05 bits per heavy atom. The van der Waals surface area contributed by atoms with Gasteiger partial charge in [0.2, 0.25) is 15.8 Å². The number of ether oxygens (including phenoxy) is 2. The average Bonchev–Trinajstić information content (AvgIpc) is 2.70. The van der Waals surface area contributed by atoms with Gasteiger partial charge >= 0.3 is 5.97 Å². The van der Waals surface area contributed by atoms with Gasteiger partial charge in [-0.3, -0.25) is 0 Å². The second kappa shape index (κ2) is 6.69. The maximum Gasteiger partial charge on any atom is 0.374 e. The van der Waals surface area contributed by atoms with Crippen molar-refractivity contribution in [3.05, 3.63) is 17.6 Å². The number of hydrogen-bond donors (Lipinski definition) is 1. The molecule has 19 heavy (non-hydrogen) atoms. The highest BCUT2D eigenvalue weighted by Crippen LogP contribution is 2.19.